The van der Waals surface area contributed by atoms with E-state index in [0.717, 1.165) is 34.1 Å². The number of fused-ring (bicyclic) bond motifs is 18. The predicted octanol–water partition coefficient (Wildman–Crippen LogP) is 18.7. The van der Waals surface area contributed by atoms with Crippen LogP contribution in [0.3, 0.4) is 0 Å². The lowest BCUT2D eigenvalue weighted by molar-refractivity contribution is 0.436. The summed E-state index contributed by atoms with van der Waals surface area (Å²) in [7, 11) is 0. The third-order valence-electron chi connectivity index (χ3n) is 17.2. The molecule has 12 aromatic rings. The lowest BCUT2D eigenvalue weighted by Gasteiger charge is -2.40. The van der Waals surface area contributed by atoms with Crippen LogP contribution in [-0.2, 0) is 16.2 Å². The predicted molar refractivity (Wildman–Crippen MR) is 306 cm³/mol. The van der Waals surface area contributed by atoms with Crippen LogP contribution in [0.25, 0.3) is 53.6 Å². The van der Waals surface area contributed by atoms with Gasteiger partial charge in [0.1, 0.15) is 11.5 Å². The normalized spacial score (nSPS) is 15.1. The largest absolute Gasteiger partial charge is 0.457 e. The van der Waals surface area contributed by atoms with Gasteiger partial charge in [-0.05, 0) is 126 Å². The van der Waals surface area contributed by atoms with Crippen molar-refractivity contribution in [3.63, 3.8) is 0 Å². The van der Waals surface area contributed by atoms with E-state index in [0.29, 0.717) is 0 Å². The lowest BCUT2D eigenvalue weighted by Crippen LogP contribution is -2.32. The van der Waals surface area contributed by atoms with E-state index in [1.807, 2.05) is 11.3 Å². The van der Waals surface area contributed by atoms with Crippen molar-refractivity contribution in [1.82, 2.24) is 0 Å². The van der Waals surface area contributed by atoms with Gasteiger partial charge in [0, 0.05) is 59.8 Å². The summed E-state index contributed by atoms with van der Waals surface area (Å²) in [6.07, 6.45) is 0. The number of hydrogen-bond acceptors (Lipinski definition) is 3. The van der Waals surface area contributed by atoms with Crippen LogP contribution in [0, 0.1) is 0 Å². The Balaban J connectivity index is 0.906. The summed E-state index contributed by atoms with van der Waals surface area (Å²) < 4.78 is 9.72. The molecule has 1 aromatic heterocycles. The number of thiophene rings is 1. The van der Waals surface area contributed by atoms with Gasteiger partial charge in [0.25, 0.3) is 0 Å². The SMILES string of the molecule is CC1(C)c2ccccc2-c2cc3c(cc21)sc1cc(N(c2ccc(C4(c5ccccc5)c5ccccc5-c5ccccc54)cc2)c2ccc4c(c2)Oc2ccccc2C42c4ccccc4-c4ccccc42)ccc13. The van der Waals surface area contributed by atoms with Crippen LogP contribution in [-0.4, -0.2) is 0 Å². The van der Waals surface area contributed by atoms with Crippen LogP contribution in [0.2, 0.25) is 0 Å². The summed E-state index contributed by atoms with van der Waals surface area (Å²) in [6.45, 7) is 4.74. The Morgan fingerprint density at radius 3 is 1.41 bits per heavy atom. The molecule has 2 heterocycles. The molecule has 0 fully saturated rings. The Morgan fingerprint density at radius 1 is 0.311 bits per heavy atom. The monoisotopic (exact) mass is 961 g/mol. The van der Waals surface area contributed by atoms with Gasteiger partial charge in [-0.1, -0.05) is 208 Å². The van der Waals surface area contributed by atoms with Gasteiger partial charge in [-0.2, -0.15) is 0 Å². The van der Waals surface area contributed by atoms with Crippen molar-refractivity contribution in [3.05, 3.63) is 304 Å². The summed E-state index contributed by atoms with van der Waals surface area (Å²) in [5.74, 6) is 1.74. The number of nitrogens with zero attached hydrogens (tertiary/aromatic N) is 1. The molecular formula is C71H47NOS. The van der Waals surface area contributed by atoms with Crippen LogP contribution < -0.4 is 9.64 Å². The van der Waals surface area contributed by atoms with E-state index in [-0.39, 0.29) is 5.41 Å². The number of anilines is 3. The lowest BCUT2D eigenvalue weighted by atomic mass is 9.66. The summed E-state index contributed by atoms with van der Waals surface area (Å²) in [4.78, 5) is 2.44. The zero-order valence-corrected chi connectivity index (χ0v) is 41.8. The number of para-hydroxylation sites is 1. The molecule has 0 unspecified atom stereocenters. The van der Waals surface area contributed by atoms with Crippen LogP contribution >= 0.6 is 11.3 Å². The molecule has 3 aliphatic carbocycles. The summed E-state index contributed by atoms with van der Waals surface area (Å²) >= 11 is 1.90. The minimum absolute atomic E-state index is 0.0670. The minimum Gasteiger partial charge on any atom is -0.457 e. The maximum absolute atomic E-state index is 7.14. The molecule has 2 nitrogen and oxygen atoms in total. The minimum atomic E-state index is -0.548. The molecule has 4 aliphatic rings. The first-order valence-corrected chi connectivity index (χ1v) is 26.6. The topological polar surface area (TPSA) is 12.5 Å². The van der Waals surface area contributed by atoms with Gasteiger partial charge >= 0.3 is 0 Å². The molecule has 16 rings (SSSR count). The fourth-order valence-electron chi connectivity index (χ4n) is 14.1. The molecule has 0 N–H and O–H groups in total. The molecule has 74 heavy (non-hydrogen) atoms. The molecule has 348 valence electrons. The number of rotatable bonds is 5. The third kappa shape index (κ3) is 5.39. The van der Waals surface area contributed by atoms with Crippen molar-refractivity contribution in [3.8, 4) is 44.9 Å². The van der Waals surface area contributed by atoms with E-state index < -0.39 is 10.8 Å². The van der Waals surface area contributed by atoms with Crippen molar-refractivity contribution in [2.45, 2.75) is 30.1 Å². The molecular weight excluding hydrogens is 915 g/mol. The highest BCUT2D eigenvalue weighted by Gasteiger charge is 2.51. The average molecular weight is 962 g/mol. The first kappa shape index (κ1) is 41.8. The number of ether oxygens (including phenoxy) is 1. The Bertz CT molecular complexity index is 4240. The van der Waals surface area contributed by atoms with E-state index in [1.54, 1.807) is 0 Å². The number of benzene rings is 11. The quantitative estimate of drug-likeness (QED) is 0.170. The first-order valence-electron chi connectivity index (χ1n) is 25.8. The third-order valence-corrected chi connectivity index (χ3v) is 18.3. The molecule has 0 bridgehead atoms. The summed E-state index contributed by atoms with van der Waals surface area (Å²) in [5, 5.41) is 2.59. The van der Waals surface area contributed by atoms with Crippen molar-refractivity contribution in [2.24, 2.45) is 0 Å². The van der Waals surface area contributed by atoms with Crippen molar-refractivity contribution >= 4 is 48.6 Å². The van der Waals surface area contributed by atoms with E-state index >= 15 is 0 Å². The smallest absolute Gasteiger partial charge is 0.134 e. The van der Waals surface area contributed by atoms with Crippen LogP contribution in [0.4, 0.5) is 17.1 Å². The standard InChI is InChI=1S/C71H47NOS/c1-69(2)57-25-11-6-24-53(57)55-42-56-54-38-36-48(41-67(54)74-68(56)43-64(55)69)72(46-34-32-45(33-35-46)70(44-18-4-3-5-19-44)58-26-12-7-20-49(58)50-21-8-13-27-59(50)70)47-37-39-63-66(40-47)73-65-31-17-16-30-62(65)71(63)60-28-14-9-22-51(60)52-23-10-15-29-61(52)71/h3-43H,1-2H3. The summed E-state index contributed by atoms with van der Waals surface area (Å²) in [5.41, 5.74) is 22.7. The molecule has 1 aliphatic heterocycles. The molecule has 0 atom stereocenters. The Kier molecular flexibility index (Phi) is 8.56. The van der Waals surface area contributed by atoms with Crippen molar-refractivity contribution < 1.29 is 4.74 Å². The number of hydrogen-bond donors (Lipinski definition) is 0. The van der Waals surface area contributed by atoms with Crippen LogP contribution in [0.15, 0.2) is 249 Å². The zero-order chi connectivity index (χ0) is 48.9. The molecule has 0 radical (unpaired) electrons. The van der Waals surface area contributed by atoms with Gasteiger partial charge in [-0.15, -0.1) is 11.3 Å². The maximum Gasteiger partial charge on any atom is 0.134 e. The second kappa shape index (κ2) is 15.1. The zero-order valence-electron chi connectivity index (χ0n) is 40.9. The summed E-state index contributed by atoms with van der Waals surface area (Å²) in [6, 6.07) is 93.0. The van der Waals surface area contributed by atoms with Crippen molar-refractivity contribution in [2.75, 3.05) is 4.90 Å². The molecule has 11 aromatic carbocycles. The Labute approximate surface area is 435 Å². The fraction of sp³-hybridized carbons (Fsp3) is 0.0704. The van der Waals surface area contributed by atoms with Gasteiger partial charge in [-0.25, -0.2) is 0 Å². The molecule has 0 saturated carbocycles. The highest BCUT2D eigenvalue weighted by atomic mass is 32.1. The first-order chi connectivity index (χ1) is 36.4. The molecule has 3 heteroatoms. The second-order valence-electron chi connectivity index (χ2n) is 21.1. The fourth-order valence-corrected chi connectivity index (χ4v) is 15.3. The van der Waals surface area contributed by atoms with E-state index in [2.05, 4.69) is 267 Å². The molecule has 0 amide bonds. The molecule has 1 spiro atoms. The maximum atomic E-state index is 7.14. The van der Waals surface area contributed by atoms with Gasteiger partial charge < -0.3 is 9.64 Å². The van der Waals surface area contributed by atoms with Gasteiger partial charge in [0.2, 0.25) is 0 Å². The Morgan fingerprint density at radius 2 is 0.770 bits per heavy atom. The average Bonchev–Trinajstić information content (AvgIpc) is 4.16. The van der Waals surface area contributed by atoms with Gasteiger partial charge in [-0.3, -0.25) is 0 Å². The van der Waals surface area contributed by atoms with Crippen molar-refractivity contribution in [1.29, 1.82) is 0 Å². The van der Waals surface area contributed by atoms with E-state index in [9.17, 15) is 0 Å². The van der Waals surface area contributed by atoms with E-state index in [1.165, 1.54) is 104 Å². The van der Waals surface area contributed by atoms with Gasteiger partial charge in [0.05, 0.1) is 10.8 Å². The highest BCUT2D eigenvalue weighted by molar-refractivity contribution is 7.25. The van der Waals surface area contributed by atoms with Crippen LogP contribution in [0.1, 0.15) is 69.5 Å². The van der Waals surface area contributed by atoms with E-state index in [4.69, 9.17) is 4.74 Å². The molecule has 0 saturated heterocycles. The Hall–Kier alpha value is -8.76. The second-order valence-corrected chi connectivity index (χ2v) is 22.1. The van der Waals surface area contributed by atoms with Gasteiger partial charge in [0.15, 0.2) is 0 Å². The van der Waals surface area contributed by atoms with Crippen LogP contribution in [0.5, 0.6) is 11.5 Å². The highest BCUT2D eigenvalue weighted by Crippen LogP contribution is 2.63.